The normalized spacial score (nSPS) is 56.3. The van der Waals surface area contributed by atoms with E-state index < -0.39 is 76.3 Å². The molecule has 9 rings (SSSR count). The summed E-state index contributed by atoms with van der Waals surface area (Å²) in [7, 11) is 0. The number of allylic oxidation sites excluding steroid dienone is 3. The monoisotopic (exact) mass is 721 g/mol. The number of carboxylic acids is 2. The fraction of sp³-hybridized carbons (Fsp3) is 0.780. The minimum absolute atomic E-state index is 0.0260. The number of hydrogen-bond acceptors (Lipinski definition) is 8. The molecule has 2 aliphatic heterocycles. The number of fused-ring (bicyclic) bond motifs is 1. The highest BCUT2D eigenvalue weighted by atomic mass is 16.7. The molecule has 0 aromatic carbocycles. The number of carbonyl (C=O) groups excluding carboxylic acids is 1. The fourth-order valence-corrected chi connectivity index (χ4v) is 15.5. The quantitative estimate of drug-likeness (QED) is 0.183. The van der Waals surface area contributed by atoms with Gasteiger partial charge >= 0.3 is 11.9 Å². The van der Waals surface area contributed by atoms with Crippen LogP contribution in [0.15, 0.2) is 36.0 Å². The van der Waals surface area contributed by atoms with Gasteiger partial charge in [0.05, 0.1) is 17.4 Å². The van der Waals surface area contributed by atoms with Crippen molar-refractivity contribution in [3.05, 3.63) is 36.0 Å². The van der Waals surface area contributed by atoms with Crippen LogP contribution in [0.4, 0.5) is 0 Å². The Morgan fingerprint density at radius 3 is 2.33 bits per heavy atom. The molecule has 0 aromatic rings. The smallest absolute Gasteiger partial charge is 0.335 e. The molecule has 0 radical (unpaired) electrons. The van der Waals surface area contributed by atoms with Crippen LogP contribution < -0.4 is 5.32 Å². The van der Waals surface area contributed by atoms with Gasteiger partial charge in [0.1, 0.15) is 18.3 Å². The van der Waals surface area contributed by atoms with E-state index in [1.165, 1.54) is 5.57 Å². The lowest BCUT2D eigenvalue weighted by Gasteiger charge is -2.79. The third-order valence-corrected chi connectivity index (χ3v) is 18.1. The molecular formula is C41H55NO10. The van der Waals surface area contributed by atoms with E-state index in [-0.39, 0.29) is 39.5 Å². The first-order valence-corrected chi connectivity index (χ1v) is 19.5. The van der Waals surface area contributed by atoms with Crippen molar-refractivity contribution < 1.29 is 49.4 Å². The Balaban J connectivity index is 1.15. The topological polar surface area (TPSA) is 183 Å². The molecule has 4 saturated carbocycles. The summed E-state index contributed by atoms with van der Waals surface area (Å²) in [4.78, 5) is 40.3. The van der Waals surface area contributed by atoms with Crippen LogP contribution in [0.2, 0.25) is 0 Å². The number of rotatable bonds is 4. The van der Waals surface area contributed by atoms with Crippen LogP contribution in [0.25, 0.3) is 0 Å². The first-order valence-electron chi connectivity index (χ1n) is 19.5. The molecule has 11 nitrogen and oxygen atoms in total. The van der Waals surface area contributed by atoms with Crippen LogP contribution in [0.1, 0.15) is 98.8 Å². The van der Waals surface area contributed by atoms with E-state index in [0.717, 1.165) is 38.5 Å². The zero-order chi connectivity index (χ0) is 37.2. The number of hydrogen-bond donors (Lipinski definition) is 6. The van der Waals surface area contributed by atoms with Crippen molar-refractivity contribution in [1.82, 2.24) is 5.32 Å². The summed E-state index contributed by atoms with van der Waals surface area (Å²) >= 11 is 0. The third kappa shape index (κ3) is 3.56. The molecule has 7 aliphatic carbocycles. The number of ether oxygens (including phenoxy) is 2. The summed E-state index contributed by atoms with van der Waals surface area (Å²) in [6.07, 6.45) is 9.87. The number of aliphatic hydroxyl groups is 3. The maximum absolute atomic E-state index is 14.8. The lowest BCUT2D eigenvalue weighted by Crippen LogP contribution is -2.75. The molecule has 1 amide bonds. The van der Waals surface area contributed by atoms with Crippen molar-refractivity contribution in [3.63, 3.8) is 0 Å². The number of carbonyl (C=O) groups is 3. The minimum atomic E-state index is -1.79. The van der Waals surface area contributed by atoms with Gasteiger partial charge < -0.3 is 40.3 Å². The zero-order valence-corrected chi connectivity index (χ0v) is 30.9. The highest BCUT2D eigenvalue weighted by Gasteiger charge is 2.83. The van der Waals surface area contributed by atoms with E-state index in [4.69, 9.17) is 9.47 Å². The number of aliphatic hydroxyl groups excluding tert-OH is 3. The predicted octanol–water partition coefficient (Wildman–Crippen LogP) is 4.10. The van der Waals surface area contributed by atoms with Gasteiger partial charge in [0.25, 0.3) is 0 Å². The molecule has 4 bridgehead atoms. The van der Waals surface area contributed by atoms with E-state index in [1.54, 1.807) is 0 Å². The van der Waals surface area contributed by atoms with Crippen molar-refractivity contribution >= 4 is 17.8 Å². The Bertz CT molecular complexity index is 1740. The van der Waals surface area contributed by atoms with Crippen LogP contribution in [0.5, 0.6) is 0 Å². The van der Waals surface area contributed by atoms with Crippen molar-refractivity contribution in [2.45, 2.75) is 142 Å². The highest BCUT2D eigenvalue weighted by molar-refractivity contribution is 5.88. The van der Waals surface area contributed by atoms with E-state index in [0.29, 0.717) is 25.7 Å². The number of nitrogens with one attached hydrogen (secondary N) is 1. The highest BCUT2D eigenvalue weighted by Crippen LogP contribution is 2.86. The Morgan fingerprint density at radius 2 is 1.62 bits per heavy atom. The van der Waals surface area contributed by atoms with Gasteiger partial charge in [-0.2, -0.15) is 0 Å². The van der Waals surface area contributed by atoms with Gasteiger partial charge in [-0.15, -0.1) is 0 Å². The van der Waals surface area contributed by atoms with E-state index in [9.17, 15) is 39.9 Å². The van der Waals surface area contributed by atoms with Gasteiger partial charge in [-0.3, -0.25) is 9.59 Å². The third-order valence-electron chi connectivity index (χ3n) is 18.1. The van der Waals surface area contributed by atoms with Gasteiger partial charge in [-0.1, -0.05) is 70.6 Å². The van der Waals surface area contributed by atoms with Crippen molar-refractivity contribution in [1.29, 1.82) is 0 Å². The average Bonchev–Trinajstić information content (AvgIpc) is 3.16. The molecule has 2 spiro atoms. The largest absolute Gasteiger partial charge is 0.481 e. The molecule has 0 unspecified atom stereocenters. The van der Waals surface area contributed by atoms with E-state index in [2.05, 4.69) is 70.3 Å². The second kappa shape index (κ2) is 10.4. The minimum Gasteiger partial charge on any atom is -0.481 e. The lowest BCUT2D eigenvalue weighted by molar-refractivity contribution is -0.328. The number of aliphatic carboxylic acids is 2. The van der Waals surface area contributed by atoms with Gasteiger partial charge in [-0.25, -0.2) is 4.79 Å². The molecule has 16 atom stereocenters. The maximum atomic E-state index is 14.8. The van der Waals surface area contributed by atoms with Crippen LogP contribution in [0, 0.1) is 55.2 Å². The van der Waals surface area contributed by atoms with E-state index >= 15 is 0 Å². The molecule has 11 heteroatoms. The summed E-state index contributed by atoms with van der Waals surface area (Å²) in [6.45, 7) is 11.4. The maximum Gasteiger partial charge on any atom is 0.335 e. The Morgan fingerprint density at radius 1 is 0.885 bits per heavy atom. The summed E-state index contributed by atoms with van der Waals surface area (Å²) in [5.41, 5.74) is -2.79. The SMILES string of the molecule is CC1(C)[C@@H](O[C@@H]2O[C@H](C(=O)O)[C@@H](O)[C@H](O)[C@H]2O)CC[C@@]2(C)[C@H]1CC[C@]1(C)[C@@]23C=C[C@@H]2C(=O)N[C@@H]4[C@@]5(C)CC=C[C@@]46C(=CC3)[C@]21CC[C@@]6(C(=O)O)CC5. The molecule has 6 fully saturated rings. The Labute approximate surface area is 304 Å². The van der Waals surface area contributed by atoms with Crippen molar-refractivity contribution in [2.75, 3.05) is 0 Å². The molecule has 9 aliphatic rings. The van der Waals surface area contributed by atoms with E-state index in [1.807, 2.05) is 0 Å². The first kappa shape index (κ1) is 35.2. The molecular weight excluding hydrogens is 666 g/mol. The first-order chi connectivity index (χ1) is 24.3. The average molecular weight is 722 g/mol. The van der Waals surface area contributed by atoms with Crippen LogP contribution in [-0.2, 0) is 23.9 Å². The summed E-state index contributed by atoms with van der Waals surface area (Å²) in [6, 6.07) is -0.294. The van der Waals surface area contributed by atoms with Crippen LogP contribution in [0.3, 0.4) is 0 Å². The van der Waals surface area contributed by atoms with Gasteiger partial charge in [0.2, 0.25) is 5.91 Å². The van der Waals surface area contributed by atoms with Gasteiger partial charge in [0, 0.05) is 22.3 Å². The number of carboxylic acid groups (broad SMARTS) is 2. The molecule has 52 heavy (non-hydrogen) atoms. The van der Waals surface area contributed by atoms with Gasteiger partial charge in [-0.05, 0) is 91.8 Å². The van der Waals surface area contributed by atoms with Crippen molar-refractivity contribution in [3.8, 4) is 0 Å². The van der Waals surface area contributed by atoms with Gasteiger partial charge in [0.15, 0.2) is 12.4 Å². The zero-order valence-electron chi connectivity index (χ0n) is 30.9. The lowest BCUT2D eigenvalue weighted by atomic mass is 9.24. The second-order valence-electron chi connectivity index (χ2n) is 19.6. The molecule has 0 aromatic heterocycles. The van der Waals surface area contributed by atoms with Crippen LogP contribution in [-0.4, -0.2) is 86.2 Å². The summed E-state index contributed by atoms with van der Waals surface area (Å²) < 4.78 is 12.0. The second-order valence-corrected chi connectivity index (χ2v) is 19.6. The Kier molecular flexibility index (Phi) is 7.02. The fourth-order valence-electron chi connectivity index (χ4n) is 15.5. The Hall–Kier alpha value is -2.57. The predicted molar refractivity (Wildman–Crippen MR) is 186 cm³/mol. The standard InChI is InChI=1S/C41H55NO10/c1-34(2)22-8-14-37(5)39(36(22,4)13-10-24(34)51-31-27(45)25(43)26(44)28(52-31)30(47)48)15-7-21-29(46)42-32-35(3)11-6-12-41(32)23(9-16-39)40(21,37)20-19-38(41,18-17-35)33(49)50/h6-7,9,12,15,21-22,24-28,31-32,43-45H,8,10-11,13-14,16-20H2,1-5H3,(H,42,46)(H,47,48)(H,49,50)/t21-,22+,24+,25+,26+,27-,28+,31-,32-,35+,36+,37-,38-,39-,40+,41-/m1/s1. The molecule has 284 valence electrons. The van der Waals surface area contributed by atoms with Crippen molar-refractivity contribution in [2.24, 2.45) is 55.2 Å². The van der Waals surface area contributed by atoms with Crippen LogP contribution >= 0.6 is 0 Å². The molecule has 2 heterocycles. The molecule has 2 saturated heterocycles. The summed E-state index contributed by atoms with van der Waals surface area (Å²) in [5, 5.41) is 56.1. The summed E-state index contributed by atoms with van der Waals surface area (Å²) in [5.74, 6) is -2.43. The molecule has 6 N–H and O–H groups in total. The number of amides is 1.